The summed E-state index contributed by atoms with van der Waals surface area (Å²) in [6, 6.07) is 30.2. The number of fused-ring (bicyclic) bond motifs is 12. The summed E-state index contributed by atoms with van der Waals surface area (Å²) in [5.74, 6) is 0. The van der Waals surface area contributed by atoms with Gasteiger partial charge in [-0.2, -0.15) is 24.2 Å². The number of aromatic nitrogens is 6. The van der Waals surface area contributed by atoms with Crippen LogP contribution in [0.4, 0.5) is 11.4 Å². The van der Waals surface area contributed by atoms with Crippen LogP contribution in [-0.2, 0) is 39.7 Å². The molecule has 20 nitrogen and oxygen atoms in total. The molecule has 11 rings (SSSR count). The molecule has 0 N–H and O–H groups in total. The smallest absolute Gasteiger partial charge is 0.744 e. The third-order valence-electron chi connectivity index (χ3n) is 11.1. The predicted molar refractivity (Wildman–Crippen MR) is 229 cm³/mol. The summed E-state index contributed by atoms with van der Waals surface area (Å²) in [4.78, 5) is 2.63. The molecule has 0 aliphatic heterocycles. The Kier molecular flexibility index (Phi) is 15.5. The van der Waals surface area contributed by atoms with E-state index in [4.69, 9.17) is 0 Å². The summed E-state index contributed by atoms with van der Waals surface area (Å²) in [5.41, 5.74) is 5.52. The first-order valence-electron chi connectivity index (χ1n) is 18.9. The van der Waals surface area contributed by atoms with Gasteiger partial charge in [0.25, 0.3) is 0 Å². The van der Waals surface area contributed by atoms with Gasteiger partial charge in [-0.05, 0) is 113 Å². The van der Waals surface area contributed by atoms with Crippen LogP contribution in [0.5, 0.6) is 0 Å². The van der Waals surface area contributed by atoms with Gasteiger partial charge >= 0.3 is 118 Å². The Balaban J connectivity index is 0.00000176. The number of hydrogen-bond donors (Lipinski definition) is 0. The largest absolute Gasteiger partial charge is 1.00 e. The van der Waals surface area contributed by atoms with Crippen molar-refractivity contribution in [1.82, 2.24) is 28.1 Å². The minimum Gasteiger partial charge on any atom is -0.744 e. The predicted octanol–water partition coefficient (Wildman–Crippen LogP) is -5.69. The molecule has 328 valence electrons. The van der Waals surface area contributed by atoms with Gasteiger partial charge in [0, 0.05) is 15.7 Å². The summed E-state index contributed by atoms with van der Waals surface area (Å²) in [6.45, 7) is 1.80. The molecule has 0 radical (unpaired) electrons. The van der Waals surface area contributed by atoms with Crippen molar-refractivity contribution in [3.05, 3.63) is 132 Å². The zero-order valence-corrected chi connectivity index (χ0v) is 48.0. The van der Waals surface area contributed by atoms with Gasteiger partial charge in [0.2, 0.25) is 0 Å². The van der Waals surface area contributed by atoms with E-state index < -0.39 is 40.1 Å². The number of benzene rings is 7. The zero-order valence-electron chi connectivity index (χ0n) is 36.7. The average Bonchev–Trinajstić information content (AvgIpc) is 4.13. The molecule has 0 bridgehead atoms. The maximum Gasteiger partial charge on any atom is 1.00 e. The Morgan fingerprint density at radius 1 is 0.551 bits per heavy atom. The molecule has 28 heteroatoms. The van der Waals surface area contributed by atoms with Crippen molar-refractivity contribution in [3.63, 3.8) is 0 Å². The standard InChI is InChI=1S/C41H28N8O12S4.4Na/c1-23-18-29(44-46-37-17-7-27-20-32(63(51,52)53)12-14-34(27)41(37)48(44)46)10-15-35(23)43-42-28-8-4-24(38(21-28)64(54,55)56)2-3-25-5-9-30(22-39(25)65(57,58)59)45-47-36-16-6-26-19-31(62-61-60-50)11-13-33(26)40(36)49(45)47;;;;/h2-22,50H,1H3,(H,51,52,53)(H,54,55,56)(H,57,58,59);;;;/q;4*+1/p-4. The van der Waals surface area contributed by atoms with Crippen LogP contribution < -0.4 is 123 Å². The van der Waals surface area contributed by atoms with Crippen LogP contribution >= 0.6 is 12.0 Å². The maximum absolute atomic E-state index is 12.6. The SMILES string of the molecule is Cc1cc(-n2n3c4ccc5cc(S(=O)(=O)[O-])ccc5c4n23)ccc1N=Nc1ccc(C=Cc2ccc(-n3n4c5ccc6cc(SOO[O-])ccc6c5n34)cc2S(=O)(=O)[O-])c(S(=O)(=O)[O-])c1.[Na+].[Na+].[Na+].[Na+]. The number of aryl methyl sites for hydroxylation is 1. The first kappa shape index (κ1) is 53.9. The van der Waals surface area contributed by atoms with Crippen molar-refractivity contribution in [1.29, 1.82) is 0 Å². The fourth-order valence-electron chi connectivity index (χ4n) is 8.06. The van der Waals surface area contributed by atoms with Crippen molar-refractivity contribution < 1.29 is 172 Å². The van der Waals surface area contributed by atoms with E-state index in [1.807, 2.05) is 44.4 Å². The van der Waals surface area contributed by atoms with Crippen molar-refractivity contribution >= 4 is 110 Å². The molecule has 0 saturated heterocycles. The molecule has 0 atom stereocenters. The van der Waals surface area contributed by atoms with Crippen LogP contribution in [0.25, 0.3) is 67.1 Å². The second kappa shape index (κ2) is 19.9. The molecule has 4 heterocycles. The molecule has 0 fully saturated rings. The fraction of sp³-hybridized carbons (Fsp3) is 0.0244. The van der Waals surface area contributed by atoms with E-state index >= 15 is 0 Å². The Bertz CT molecular complexity index is 4200. The molecular formula is C41H24N8Na4O12S4. The molecule has 0 amide bonds. The molecular weight excluding hydrogens is 1020 g/mol. The van der Waals surface area contributed by atoms with E-state index in [1.165, 1.54) is 48.6 Å². The van der Waals surface area contributed by atoms with Gasteiger partial charge in [-0.15, -0.1) is 18.5 Å². The monoisotopic (exact) mass is 1040 g/mol. The second-order valence-corrected chi connectivity index (χ2v) is 19.7. The van der Waals surface area contributed by atoms with Crippen molar-refractivity contribution in [2.75, 3.05) is 0 Å². The molecule has 0 saturated carbocycles. The van der Waals surface area contributed by atoms with Crippen molar-refractivity contribution in [3.8, 4) is 11.4 Å². The van der Waals surface area contributed by atoms with Gasteiger partial charge in [-0.3, -0.25) is 5.04 Å². The second-order valence-electron chi connectivity index (χ2n) is 14.9. The Hall–Kier alpha value is -2.84. The van der Waals surface area contributed by atoms with E-state index in [9.17, 15) is 44.2 Å². The number of nitrogens with zero attached hydrogens (tertiary/aromatic N) is 8. The van der Waals surface area contributed by atoms with Crippen molar-refractivity contribution in [2.24, 2.45) is 10.2 Å². The average molecular weight is 1040 g/mol. The number of hydrogen-bond acceptors (Lipinski definition) is 15. The normalized spacial score (nSPS) is 12.7. The number of azo groups is 1. The van der Waals surface area contributed by atoms with Gasteiger partial charge in [-0.25, -0.2) is 25.3 Å². The van der Waals surface area contributed by atoms with Crippen LogP contribution in [0.2, 0.25) is 0 Å². The molecule has 7 aromatic carbocycles. The van der Waals surface area contributed by atoms with Gasteiger partial charge in [0.05, 0.1) is 49.5 Å². The molecule has 11 aromatic rings. The van der Waals surface area contributed by atoms with E-state index in [1.54, 1.807) is 63.4 Å². The first-order valence-corrected chi connectivity index (χ1v) is 23.9. The summed E-state index contributed by atoms with van der Waals surface area (Å²) in [5, 5.41) is 25.2. The molecule has 69 heavy (non-hydrogen) atoms. The zero-order chi connectivity index (χ0) is 45.3. The topological polar surface area (TPSA) is 265 Å². The van der Waals surface area contributed by atoms with Gasteiger partial charge in [-0.1, -0.05) is 48.6 Å². The molecule has 4 aromatic heterocycles. The third kappa shape index (κ3) is 9.65. The quantitative estimate of drug-likeness (QED) is 0.0211. The third-order valence-corrected chi connectivity index (χ3v) is 14.3. The van der Waals surface area contributed by atoms with Gasteiger partial charge < -0.3 is 18.9 Å². The Labute approximate surface area is 483 Å². The first-order chi connectivity index (χ1) is 31.0. The molecule has 0 spiro atoms. The summed E-state index contributed by atoms with van der Waals surface area (Å²) in [6.07, 6.45) is 2.45. The Morgan fingerprint density at radius 2 is 1.09 bits per heavy atom. The van der Waals surface area contributed by atoms with Crippen molar-refractivity contribution in [2.45, 2.75) is 26.5 Å². The van der Waals surface area contributed by atoms with Crippen LogP contribution in [0, 0.1) is 6.92 Å². The molecule has 0 aliphatic rings. The minimum absolute atomic E-state index is 0. The van der Waals surface area contributed by atoms with E-state index in [0.29, 0.717) is 27.2 Å². The Morgan fingerprint density at radius 3 is 1.65 bits per heavy atom. The van der Waals surface area contributed by atoms with Crippen LogP contribution in [0.1, 0.15) is 16.7 Å². The number of rotatable bonds is 12. The van der Waals surface area contributed by atoms with E-state index in [0.717, 1.165) is 62.0 Å². The van der Waals surface area contributed by atoms with Crippen LogP contribution in [0.3, 0.4) is 0 Å². The summed E-state index contributed by atoms with van der Waals surface area (Å²) in [7, 11) is -14.8. The summed E-state index contributed by atoms with van der Waals surface area (Å²) < 4.78 is 121. The maximum atomic E-state index is 12.6. The van der Waals surface area contributed by atoms with Gasteiger partial charge in [0.15, 0.2) is 0 Å². The van der Waals surface area contributed by atoms with Crippen LogP contribution in [-0.4, -0.2) is 67.0 Å². The molecule has 0 unspecified atom stereocenters. The van der Waals surface area contributed by atoms with Crippen LogP contribution in [0.15, 0.2) is 145 Å². The minimum atomic E-state index is -5.09. The summed E-state index contributed by atoms with van der Waals surface area (Å²) >= 11 is 0.756. The fourth-order valence-corrected chi connectivity index (χ4v) is 10.4. The van der Waals surface area contributed by atoms with E-state index in [-0.39, 0.29) is 140 Å². The van der Waals surface area contributed by atoms with Gasteiger partial charge in [0.1, 0.15) is 52.4 Å². The molecule has 0 aliphatic carbocycles. The van der Waals surface area contributed by atoms with E-state index in [2.05, 4.69) is 19.6 Å².